The van der Waals surface area contributed by atoms with Crippen molar-refractivity contribution in [3.63, 3.8) is 0 Å². The first-order valence-corrected chi connectivity index (χ1v) is 6.58. The monoisotopic (exact) mass is 251 g/mol. The minimum atomic E-state index is 0.202. The van der Waals surface area contributed by atoms with E-state index in [1.807, 2.05) is 17.9 Å². The maximum atomic E-state index is 5.98. The fourth-order valence-corrected chi connectivity index (χ4v) is 2.65. The Bertz CT molecular complexity index is 398. The maximum absolute atomic E-state index is 5.98. The molecule has 0 bridgehead atoms. The number of likely N-dealkylation sites (N-methyl/N-ethyl adjacent to an activating group) is 1. The Labute approximate surface area is 110 Å². The smallest absolute Gasteiger partial charge is 0.0538 e. The summed E-state index contributed by atoms with van der Waals surface area (Å²) in [5.41, 5.74) is 7.40. The van der Waals surface area contributed by atoms with Crippen molar-refractivity contribution >= 4 is 0 Å². The lowest BCUT2D eigenvalue weighted by molar-refractivity contribution is 0.0180. The average molecular weight is 251 g/mol. The highest BCUT2D eigenvalue weighted by molar-refractivity contribution is 5.12. The van der Waals surface area contributed by atoms with Gasteiger partial charge in [-0.1, -0.05) is 0 Å². The maximum Gasteiger partial charge on any atom is 0.0538 e. The normalized spacial score (nSPS) is 23.2. The summed E-state index contributed by atoms with van der Waals surface area (Å²) in [5.74, 6) is 0. The molecule has 1 aromatic rings. The Balaban J connectivity index is 2.14. The number of hydrogen-bond donors (Lipinski definition) is 1. The van der Waals surface area contributed by atoms with E-state index < -0.39 is 0 Å². The zero-order valence-corrected chi connectivity index (χ0v) is 11.9. The van der Waals surface area contributed by atoms with Gasteiger partial charge in [-0.05, 0) is 20.9 Å². The quantitative estimate of drug-likeness (QED) is 0.847. The fraction of sp³-hybridized carbons (Fsp3) is 0.769. The lowest BCUT2D eigenvalue weighted by Gasteiger charge is -2.47. The van der Waals surface area contributed by atoms with Crippen LogP contribution in [0.15, 0.2) is 12.4 Å². The van der Waals surface area contributed by atoms with Crippen molar-refractivity contribution in [3.05, 3.63) is 18.0 Å². The Morgan fingerprint density at radius 3 is 2.61 bits per heavy atom. The van der Waals surface area contributed by atoms with Gasteiger partial charge >= 0.3 is 0 Å². The van der Waals surface area contributed by atoms with Gasteiger partial charge in [0.2, 0.25) is 0 Å². The van der Waals surface area contributed by atoms with Crippen LogP contribution in [0.2, 0.25) is 0 Å². The molecule has 0 saturated carbocycles. The van der Waals surface area contributed by atoms with E-state index in [4.69, 9.17) is 5.73 Å². The van der Waals surface area contributed by atoms with Crippen molar-refractivity contribution in [2.45, 2.75) is 25.4 Å². The molecule has 5 heteroatoms. The van der Waals surface area contributed by atoms with Crippen molar-refractivity contribution in [1.29, 1.82) is 0 Å². The van der Waals surface area contributed by atoms with E-state index in [2.05, 4.69) is 42.0 Å². The molecule has 0 spiro atoms. The largest absolute Gasteiger partial charge is 0.329 e. The standard InChI is InChI=1S/C13H25N5/c1-13(2)10-18(6-5-16(13)3)12(7-14)11-8-15-17(4)9-11/h8-9,12H,5-7,10,14H2,1-4H3. The molecule has 102 valence electrons. The summed E-state index contributed by atoms with van der Waals surface area (Å²) >= 11 is 0. The zero-order chi connectivity index (χ0) is 13.3. The molecule has 1 aliphatic rings. The molecule has 2 N–H and O–H groups in total. The molecular weight excluding hydrogens is 226 g/mol. The van der Waals surface area contributed by atoms with Gasteiger partial charge in [0.15, 0.2) is 0 Å². The molecule has 2 heterocycles. The van der Waals surface area contributed by atoms with Crippen LogP contribution in [0.3, 0.4) is 0 Å². The fourth-order valence-electron chi connectivity index (χ4n) is 2.65. The van der Waals surface area contributed by atoms with Crippen LogP contribution in [0, 0.1) is 0 Å². The van der Waals surface area contributed by atoms with Gasteiger partial charge in [-0.15, -0.1) is 0 Å². The summed E-state index contributed by atoms with van der Waals surface area (Å²) in [6.07, 6.45) is 4.01. The van der Waals surface area contributed by atoms with Gasteiger partial charge in [-0.3, -0.25) is 14.5 Å². The molecule has 1 aliphatic heterocycles. The molecule has 18 heavy (non-hydrogen) atoms. The number of aromatic nitrogens is 2. The SMILES string of the molecule is CN1CCN(C(CN)c2cnn(C)c2)CC1(C)C. The minimum Gasteiger partial charge on any atom is -0.329 e. The Hall–Kier alpha value is -0.910. The van der Waals surface area contributed by atoms with E-state index in [1.54, 1.807) is 0 Å². The van der Waals surface area contributed by atoms with E-state index in [1.165, 1.54) is 5.56 Å². The first-order valence-electron chi connectivity index (χ1n) is 6.58. The topological polar surface area (TPSA) is 50.3 Å². The number of piperazine rings is 1. The molecular formula is C13H25N5. The van der Waals surface area contributed by atoms with Gasteiger partial charge in [0.25, 0.3) is 0 Å². The second kappa shape index (κ2) is 4.99. The highest BCUT2D eigenvalue weighted by Crippen LogP contribution is 2.26. The van der Waals surface area contributed by atoms with Crippen LogP contribution in [-0.2, 0) is 7.05 Å². The second-order valence-electron chi connectivity index (χ2n) is 5.90. The van der Waals surface area contributed by atoms with E-state index in [0.717, 1.165) is 19.6 Å². The third-order valence-electron chi connectivity index (χ3n) is 4.12. The molecule has 0 aliphatic carbocycles. The third kappa shape index (κ3) is 2.58. The minimum absolute atomic E-state index is 0.202. The molecule has 0 radical (unpaired) electrons. The first-order chi connectivity index (χ1) is 8.44. The van der Waals surface area contributed by atoms with Crippen LogP contribution < -0.4 is 5.73 Å². The molecule has 1 unspecified atom stereocenters. The molecule has 1 atom stereocenters. The van der Waals surface area contributed by atoms with Crippen LogP contribution in [-0.4, -0.2) is 58.3 Å². The van der Waals surface area contributed by atoms with Crippen LogP contribution >= 0.6 is 0 Å². The van der Waals surface area contributed by atoms with E-state index in [0.29, 0.717) is 6.54 Å². The Morgan fingerprint density at radius 1 is 1.39 bits per heavy atom. The van der Waals surface area contributed by atoms with Crippen molar-refractivity contribution in [3.8, 4) is 0 Å². The van der Waals surface area contributed by atoms with Gasteiger partial charge in [0, 0.05) is 50.5 Å². The number of hydrogen-bond acceptors (Lipinski definition) is 4. The van der Waals surface area contributed by atoms with Gasteiger partial charge in [0.05, 0.1) is 12.2 Å². The number of nitrogens with two attached hydrogens (primary N) is 1. The zero-order valence-electron chi connectivity index (χ0n) is 11.9. The van der Waals surface area contributed by atoms with Gasteiger partial charge < -0.3 is 5.73 Å². The van der Waals surface area contributed by atoms with Crippen molar-refractivity contribution < 1.29 is 0 Å². The molecule has 0 amide bonds. The summed E-state index contributed by atoms with van der Waals surface area (Å²) in [7, 11) is 4.14. The molecule has 1 saturated heterocycles. The number of rotatable bonds is 3. The summed E-state index contributed by atoms with van der Waals surface area (Å²) in [5, 5.41) is 4.26. The van der Waals surface area contributed by atoms with Gasteiger partial charge in [-0.25, -0.2) is 0 Å². The average Bonchev–Trinajstić information content (AvgIpc) is 2.71. The van der Waals surface area contributed by atoms with Crippen molar-refractivity contribution in [2.75, 3.05) is 33.2 Å². The Morgan fingerprint density at radius 2 is 2.11 bits per heavy atom. The molecule has 5 nitrogen and oxygen atoms in total. The van der Waals surface area contributed by atoms with Crippen molar-refractivity contribution in [1.82, 2.24) is 19.6 Å². The first kappa shape index (κ1) is 13.5. The van der Waals surface area contributed by atoms with Crippen LogP contribution in [0.4, 0.5) is 0 Å². The molecule has 1 aromatic heterocycles. The molecule has 0 aromatic carbocycles. The van der Waals surface area contributed by atoms with E-state index in [-0.39, 0.29) is 11.6 Å². The highest BCUT2D eigenvalue weighted by atomic mass is 15.3. The van der Waals surface area contributed by atoms with E-state index in [9.17, 15) is 0 Å². The highest BCUT2D eigenvalue weighted by Gasteiger charge is 2.34. The van der Waals surface area contributed by atoms with Crippen molar-refractivity contribution in [2.24, 2.45) is 12.8 Å². The predicted octanol–water partition coefficient (Wildman–Crippen LogP) is 0.446. The summed E-state index contributed by atoms with van der Waals surface area (Å²) in [6.45, 7) is 8.41. The molecule has 1 fully saturated rings. The lowest BCUT2D eigenvalue weighted by Crippen LogP contribution is -2.58. The van der Waals surface area contributed by atoms with Gasteiger partial charge in [0.1, 0.15) is 0 Å². The number of aryl methyl sites for hydroxylation is 1. The predicted molar refractivity (Wildman–Crippen MR) is 73.3 cm³/mol. The summed E-state index contributed by atoms with van der Waals surface area (Å²) in [4.78, 5) is 4.90. The second-order valence-corrected chi connectivity index (χ2v) is 5.90. The summed E-state index contributed by atoms with van der Waals surface area (Å²) < 4.78 is 1.85. The third-order valence-corrected chi connectivity index (χ3v) is 4.12. The number of nitrogens with zero attached hydrogens (tertiary/aromatic N) is 4. The lowest BCUT2D eigenvalue weighted by atomic mass is 9.97. The van der Waals surface area contributed by atoms with E-state index >= 15 is 0 Å². The molecule has 2 rings (SSSR count). The van der Waals surface area contributed by atoms with Crippen LogP contribution in [0.5, 0.6) is 0 Å². The summed E-state index contributed by atoms with van der Waals surface area (Å²) in [6, 6.07) is 0.284. The van der Waals surface area contributed by atoms with Gasteiger partial charge in [-0.2, -0.15) is 5.10 Å². The van der Waals surface area contributed by atoms with Crippen LogP contribution in [0.1, 0.15) is 25.5 Å². The Kier molecular flexibility index (Phi) is 3.75. The van der Waals surface area contributed by atoms with Crippen LogP contribution in [0.25, 0.3) is 0 Å².